The Labute approximate surface area is 115 Å². The Morgan fingerprint density at radius 3 is 2.39 bits per heavy atom. The van der Waals surface area contributed by atoms with Crippen molar-refractivity contribution in [3.63, 3.8) is 0 Å². The molecular formula is C11H14Cl2N2O3. The molecule has 0 aliphatic rings. The van der Waals surface area contributed by atoms with Crippen molar-refractivity contribution in [1.82, 2.24) is 0 Å². The number of ether oxygens (including phenoxy) is 1. The van der Waals surface area contributed by atoms with E-state index in [0.717, 1.165) is 0 Å². The Balaban J connectivity index is 2.69. The molecule has 1 aromatic rings. The summed E-state index contributed by atoms with van der Waals surface area (Å²) in [7, 11) is 0. The van der Waals surface area contributed by atoms with E-state index in [4.69, 9.17) is 27.9 Å². The number of benzene rings is 1. The van der Waals surface area contributed by atoms with Gasteiger partial charge in [-0.1, -0.05) is 23.2 Å². The van der Waals surface area contributed by atoms with E-state index < -0.39 is 4.92 Å². The van der Waals surface area contributed by atoms with E-state index in [9.17, 15) is 10.1 Å². The highest BCUT2D eigenvalue weighted by molar-refractivity contribution is 6.39. The Kier molecular flexibility index (Phi) is 5.65. The van der Waals surface area contributed by atoms with Crippen LogP contribution in [0.1, 0.15) is 13.8 Å². The third-order valence-electron chi connectivity index (χ3n) is 2.09. The molecule has 0 spiro atoms. The predicted octanol–water partition coefficient (Wildman–Crippen LogP) is 3.74. The fourth-order valence-electron chi connectivity index (χ4n) is 1.30. The first-order chi connectivity index (χ1) is 8.41. The monoisotopic (exact) mass is 292 g/mol. The van der Waals surface area contributed by atoms with Crippen molar-refractivity contribution in [2.45, 2.75) is 20.0 Å². The molecule has 0 saturated heterocycles. The van der Waals surface area contributed by atoms with Gasteiger partial charge in [0.2, 0.25) is 0 Å². The van der Waals surface area contributed by atoms with E-state index in [0.29, 0.717) is 18.8 Å². The molecule has 0 atom stereocenters. The van der Waals surface area contributed by atoms with Gasteiger partial charge in [0.05, 0.1) is 33.4 Å². The highest BCUT2D eigenvalue weighted by Gasteiger charge is 2.14. The fourth-order valence-corrected chi connectivity index (χ4v) is 1.91. The molecule has 0 unspecified atom stereocenters. The van der Waals surface area contributed by atoms with E-state index >= 15 is 0 Å². The summed E-state index contributed by atoms with van der Waals surface area (Å²) >= 11 is 11.9. The number of anilines is 1. The Morgan fingerprint density at radius 2 is 1.94 bits per heavy atom. The van der Waals surface area contributed by atoms with Crippen LogP contribution < -0.4 is 5.32 Å². The molecular weight excluding hydrogens is 279 g/mol. The second-order valence-corrected chi connectivity index (χ2v) is 4.70. The number of nitrogens with zero attached hydrogens (tertiary/aromatic N) is 1. The lowest BCUT2D eigenvalue weighted by Gasteiger charge is -2.12. The first-order valence-corrected chi connectivity index (χ1v) is 6.16. The molecule has 1 rings (SSSR count). The first-order valence-electron chi connectivity index (χ1n) is 5.40. The van der Waals surface area contributed by atoms with Crippen LogP contribution >= 0.6 is 23.2 Å². The molecule has 100 valence electrons. The van der Waals surface area contributed by atoms with Gasteiger partial charge in [-0.05, 0) is 13.8 Å². The van der Waals surface area contributed by atoms with E-state index in [1.165, 1.54) is 12.1 Å². The molecule has 1 N–H and O–H groups in total. The average Bonchev–Trinajstić information content (AvgIpc) is 2.26. The Hall–Kier alpha value is -1.04. The van der Waals surface area contributed by atoms with Crippen LogP contribution in [0.3, 0.4) is 0 Å². The first kappa shape index (κ1) is 15.0. The summed E-state index contributed by atoms with van der Waals surface area (Å²) in [6.07, 6.45) is 0.148. The van der Waals surface area contributed by atoms with Gasteiger partial charge in [0.25, 0.3) is 5.69 Å². The summed E-state index contributed by atoms with van der Waals surface area (Å²) in [6.45, 7) is 4.90. The predicted molar refractivity (Wildman–Crippen MR) is 72.7 cm³/mol. The van der Waals surface area contributed by atoms with E-state index in [-0.39, 0.29) is 21.8 Å². The summed E-state index contributed by atoms with van der Waals surface area (Å²) in [5, 5.41) is 14.0. The molecule has 1 aromatic carbocycles. The molecule has 5 nitrogen and oxygen atoms in total. The molecule has 0 heterocycles. The van der Waals surface area contributed by atoms with Gasteiger partial charge in [-0.25, -0.2) is 0 Å². The van der Waals surface area contributed by atoms with Crippen LogP contribution in [0.5, 0.6) is 0 Å². The van der Waals surface area contributed by atoms with Crippen molar-refractivity contribution >= 4 is 34.6 Å². The van der Waals surface area contributed by atoms with Gasteiger partial charge in [0.15, 0.2) is 0 Å². The van der Waals surface area contributed by atoms with Crippen molar-refractivity contribution in [3.05, 3.63) is 32.3 Å². The SMILES string of the molecule is CC(C)OCCNc1c(Cl)cc([N+](=O)[O-])cc1Cl. The molecule has 18 heavy (non-hydrogen) atoms. The molecule has 0 bridgehead atoms. The maximum Gasteiger partial charge on any atom is 0.272 e. The van der Waals surface area contributed by atoms with Crippen LogP contribution in [-0.2, 0) is 4.74 Å². The van der Waals surface area contributed by atoms with E-state index in [1.54, 1.807) is 0 Å². The topological polar surface area (TPSA) is 64.4 Å². The van der Waals surface area contributed by atoms with Crippen LogP contribution in [0.4, 0.5) is 11.4 Å². The lowest BCUT2D eigenvalue weighted by Crippen LogP contribution is -2.13. The van der Waals surface area contributed by atoms with Crippen LogP contribution in [0, 0.1) is 10.1 Å². The second-order valence-electron chi connectivity index (χ2n) is 3.89. The molecule has 7 heteroatoms. The normalized spacial score (nSPS) is 10.7. The molecule has 0 aromatic heterocycles. The Morgan fingerprint density at radius 1 is 1.39 bits per heavy atom. The second kappa shape index (κ2) is 6.78. The summed E-state index contributed by atoms with van der Waals surface area (Å²) < 4.78 is 5.35. The van der Waals surface area contributed by atoms with Crippen LogP contribution in [0.25, 0.3) is 0 Å². The fraction of sp³-hybridized carbons (Fsp3) is 0.455. The summed E-state index contributed by atoms with van der Waals surface area (Å²) in [6, 6.07) is 2.53. The number of nitrogens with one attached hydrogen (secondary N) is 1. The number of rotatable bonds is 6. The minimum atomic E-state index is -0.538. The van der Waals surface area contributed by atoms with Gasteiger partial charge in [0.1, 0.15) is 0 Å². The smallest absolute Gasteiger partial charge is 0.272 e. The van der Waals surface area contributed by atoms with Gasteiger partial charge in [0, 0.05) is 18.7 Å². The zero-order valence-corrected chi connectivity index (χ0v) is 11.6. The van der Waals surface area contributed by atoms with E-state index in [2.05, 4.69) is 5.32 Å². The average molecular weight is 293 g/mol. The highest BCUT2D eigenvalue weighted by Crippen LogP contribution is 2.34. The quantitative estimate of drug-likeness (QED) is 0.493. The van der Waals surface area contributed by atoms with Crippen LogP contribution in [0.2, 0.25) is 10.0 Å². The van der Waals surface area contributed by atoms with Gasteiger partial charge in [-0.3, -0.25) is 10.1 Å². The van der Waals surface area contributed by atoms with Crippen molar-refractivity contribution in [1.29, 1.82) is 0 Å². The zero-order chi connectivity index (χ0) is 13.7. The molecule has 0 aliphatic heterocycles. The number of halogens is 2. The number of nitro groups is 1. The molecule has 0 amide bonds. The standard InChI is InChI=1S/C11H14Cl2N2O3/c1-7(2)18-4-3-14-11-9(12)5-8(15(16)17)6-10(11)13/h5-7,14H,3-4H2,1-2H3. The minimum absolute atomic E-state index is 0.131. The van der Waals surface area contributed by atoms with Crippen molar-refractivity contribution < 1.29 is 9.66 Å². The molecule has 0 aliphatic carbocycles. The number of non-ortho nitro benzene ring substituents is 1. The van der Waals surface area contributed by atoms with Crippen molar-refractivity contribution in [2.24, 2.45) is 0 Å². The number of nitro benzene ring substituents is 1. The highest BCUT2D eigenvalue weighted by atomic mass is 35.5. The molecule has 0 fully saturated rings. The zero-order valence-electron chi connectivity index (χ0n) is 10.1. The number of hydrogen-bond donors (Lipinski definition) is 1. The lowest BCUT2D eigenvalue weighted by molar-refractivity contribution is -0.384. The van der Waals surface area contributed by atoms with Crippen molar-refractivity contribution in [2.75, 3.05) is 18.5 Å². The van der Waals surface area contributed by atoms with Gasteiger partial charge < -0.3 is 10.1 Å². The lowest BCUT2D eigenvalue weighted by atomic mass is 10.3. The Bertz CT molecular complexity index is 415. The van der Waals surface area contributed by atoms with Crippen LogP contribution in [0.15, 0.2) is 12.1 Å². The third kappa shape index (κ3) is 4.33. The maximum atomic E-state index is 10.6. The minimum Gasteiger partial charge on any atom is -0.380 e. The summed E-state index contributed by atoms with van der Waals surface area (Å²) in [5.74, 6) is 0. The summed E-state index contributed by atoms with van der Waals surface area (Å²) in [4.78, 5) is 10.1. The van der Waals surface area contributed by atoms with Crippen molar-refractivity contribution in [3.8, 4) is 0 Å². The van der Waals surface area contributed by atoms with Gasteiger partial charge in [-0.2, -0.15) is 0 Å². The maximum absolute atomic E-state index is 10.6. The van der Waals surface area contributed by atoms with Crippen LogP contribution in [-0.4, -0.2) is 24.2 Å². The van der Waals surface area contributed by atoms with Gasteiger partial charge >= 0.3 is 0 Å². The van der Waals surface area contributed by atoms with Gasteiger partial charge in [-0.15, -0.1) is 0 Å². The largest absolute Gasteiger partial charge is 0.380 e. The molecule has 0 saturated carbocycles. The van der Waals surface area contributed by atoms with E-state index in [1.807, 2.05) is 13.8 Å². The molecule has 0 radical (unpaired) electrons. The third-order valence-corrected chi connectivity index (χ3v) is 2.69. The summed E-state index contributed by atoms with van der Waals surface area (Å²) in [5.41, 5.74) is 0.352. The number of hydrogen-bond acceptors (Lipinski definition) is 4.